The summed E-state index contributed by atoms with van der Waals surface area (Å²) in [6.07, 6.45) is -2.51. The fourth-order valence-electron chi connectivity index (χ4n) is 1.47. The first-order valence-corrected chi connectivity index (χ1v) is 4.90. The van der Waals surface area contributed by atoms with Gasteiger partial charge in [-0.1, -0.05) is 30.3 Å². The summed E-state index contributed by atoms with van der Waals surface area (Å²) < 4.78 is 10.4. The van der Waals surface area contributed by atoms with E-state index in [2.05, 4.69) is 0 Å². The predicted molar refractivity (Wildman–Crippen MR) is 53.0 cm³/mol. The molecule has 1 fully saturated rings. The lowest BCUT2D eigenvalue weighted by molar-refractivity contribution is -0.159. The molecule has 0 radical (unpaired) electrons. The first-order valence-electron chi connectivity index (χ1n) is 4.90. The van der Waals surface area contributed by atoms with E-state index in [1.807, 2.05) is 30.3 Å². The van der Waals surface area contributed by atoms with Crippen molar-refractivity contribution in [2.45, 2.75) is 25.1 Å². The second-order valence-electron chi connectivity index (χ2n) is 3.56. The second kappa shape index (κ2) is 4.72. The van der Waals surface area contributed by atoms with Crippen LogP contribution in [0.1, 0.15) is 5.56 Å². The van der Waals surface area contributed by atoms with E-state index in [9.17, 15) is 10.2 Å². The van der Waals surface area contributed by atoms with Gasteiger partial charge in [0.2, 0.25) is 0 Å². The third kappa shape index (κ3) is 2.54. The van der Waals surface area contributed by atoms with Crippen molar-refractivity contribution < 1.29 is 19.7 Å². The first kappa shape index (κ1) is 10.6. The summed E-state index contributed by atoms with van der Waals surface area (Å²) in [5, 5.41) is 18.6. The lowest BCUT2D eigenvalue weighted by atomic mass is 10.2. The molecule has 15 heavy (non-hydrogen) atoms. The van der Waals surface area contributed by atoms with Crippen LogP contribution in [0.25, 0.3) is 0 Å². The van der Waals surface area contributed by atoms with E-state index < -0.39 is 18.5 Å². The van der Waals surface area contributed by atoms with Crippen LogP contribution in [0.5, 0.6) is 0 Å². The Balaban J connectivity index is 1.84. The third-order valence-corrected chi connectivity index (χ3v) is 2.36. The summed E-state index contributed by atoms with van der Waals surface area (Å²) >= 11 is 0. The Kier molecular flexibility index (Phi) is 3.33. The maximum atomic E-state index is 9.44. The zero-order valence-electron chi connectivity index (χ0n) is 8.24. The van der Waals surface area contributed by atoms with Crippen molar-refractivity contribution in [3.63, 3.8) is 0 Å². The van der Waals surface area contributed by atoms with E-state index in [4.69, 9.17) is 9.47 Å². The molecule has 0 saturated carbocycles. The maximum Gasteiger partial charge on any atom is 0.186 e. The molecule has 3 atom stereocenters. The van der Waals surface area contributed by atoms with Crippen LogP contribution in [0.3, 0.4) is 0 Å². The Hall–Kier alpha value is -0.940. The zero-order chi connectivity index (χ0) is 10.7. The quantitative estimate of drug-likeness (QED) is 0.752. The lowest BCUT2D eigenvalue weighted by Crippen LogP contribution is -2.31. The average Bonchev–Trinajstić information content (AvgIpc) is 2.59. The molecule has 1 aromatic carbocycles. The molecule has 1 aromatic rings. The van der Waals surface area contributed by atoms with Crippen molar-refractivity contribution >= 4 is 0 Å². The highest BCUT2D eigenvalue weighted by Crippen LogP contribution is 2.16. The summed E-state index contributed by atoms with van der Waals surface area (Å²) in [5.41, 5.74) is 1.01. The Morgan fingerprint density at radius 2 is 2.00 bits per heavy atom. The molecule has 0 aromatic heterocycles. The van der Waals surface area contributed by atoms with E-state index in [0.717, 1.165) is 5.56 Å². The molecule has 1 aliphatic rings. The normalized spacial score (nSPS) is 30.7. The van der Waals surface area contributed by atoms with Crippen LogP contribution >= 0.6 is 0 Å². The summed E-state index contributed by atoms with van der Waals surface area (Å²) in [4.78, 5) is 0. The van der Waals surface area contributed by atoms with Crippen molar-refractivity contribution in [2.24, 2.45) is 0 Å². The molecule has 82 valence electrons. The molecule has 4 nitrogen and oxygen atoms in total. The van der Waals surface area contributed by atoms with Crippen LogP contribution in [-0.2, 0) is 16.1 Å². The molecule has 3 unspecified atom stereocenters. The first-order chi connectivity index (χ1) is 7.27. The van der Waals surface area contributed by atoms with Gasteiger partial charge in [-0.2, -0.15) is 0 Å². The highest BCUT2D eigenvalue weighted by molar-refractivity contribution is 5.13. The van der Waals surface area contributed by atoms with Crippen molar-refractivity contribution in [1.29, 1.82) is 0 Å². The second-order valence-corrected chi connectivity index (χ2v) is 3.56. The van der Waals surface area contributed by atoms with E-state index in [0.29, 0.717) is 6.61 Å². The van der Waals surface area contributed by atoms with Gasteiger partial charge >= 0.3 is 0 Å². The van der Waals surface area contributed by atoms with E-state index in [1.165, 1.54) is 0 Å². The number of aliphatic hydroxyl groups is 2. The number of benzene rings is 1. The van der Waals surface area contributed by atoms with Crippen LogP contribution in [0.4, 0.5) is 0 Å². The largest absolute Gasteiger partial charge is 0.388 e. The fourth-order valence-corrected chi connectivity index (χ4v) is 1.47. The molecule has 1 heterocycles. The van der Waals surface area contributed by atoms with E-state index in [-0.39, 0.29) is 6.61 Å². The van der Waals surface area contributed by atoms with Gasteiger partial charge in [0.05, 0.1) is 13.2 Å². The topological polar surface area (TPSA) is 58.9 Å². The third-order valence-electron chi connectivity index (χ3n) is 2.36. The van der Waals surface area contributed by atoms with Gasteiger partial charge in [0.15, 0.2) is 6.29 Å². The average molecular weight is 210 g/mol. The van der Waals surface area contributed by atoms with Gasteiger partial charge in [-0.25, -0.2) is 0 Å². The van der Waals surface area contributed by atoms with Crippen LogP contribution in [0.15, 0.2) is 30.3 Å². The molecular weight excluding hydrogens is 196 g/mol. The monoisotopic (exact) mass is 210 g/mol. The number of rotatable bonds is 3. The predicted octanol–water partition coefficient (Wildman–Crippen LogP) is 0.281. The minimum atomic E-state index is -0.950. The number of aliphatic hydroxyl groups excluding tert-OH is 2. The Labute approximate surface area is 88.1 Å². The standard InChI is InChI=1S/C11H14O4/c12-9-7-15-11(10(9)13)14-6-8-4-2-1-3-5-8/h1-5,9-13H,6-7H2. The molecule has 0 bridgehead atoms. The molecule has 0 spiro atoms. The van der Waals surface area contributed by atoms with Gasteiger partial charge in [0.25, 0.3) is 0 Å². The molecular formula is C11H14O4. The molecule has 2 rings (SSSR count). The lowest BCUT2D eigenvalue weighted by Gasteiger charge is -2.15. The zero-order valence-corrected chi connectivity index (χ0v) is 8.24. The van der Waals surface area contributed by atoms with E-state index >= 15 is 0 Å². The van der Waals surface area contributed by atoms with Crippen molar-refractivity contribution in [3.05, 3.63) is 35.9 Å². The minimum absolute atomic E-state index is 0.126. The Bertz CT molecular complexity index is 301. The minimum Gasteiger partial charge on any atom is -0.388 e. The van der Waals surface area contributed by atoms with E-state index in [1.54, 1.807) is 0 Å². The summed E-state index contributed by atoms with van der Waals surface area (Å²) in [6.45, 7) is 0.496. The summed E-state index contributed by atoms with van der Waals surface area (Å²) in [7, 11) is 0. The highest BCUT2D eigenvalue weighted by Gasteiger charge is 2.35. The maximum absolute atomic E-state index is 9.44. The molecule has 2 N–H and O–H groups in total. The van der Waals surface area contributed by atoms with Crippen molar-refractivity contribution in [2.75, 3.05) is 6.61 Å². The van der Waals surface area contributed by atoms with Gasteiger partial charge in [-0.3, -0.25) is 0 Å². The highest BCUT2D eigenvalue weighted by atomic mass is 16.7. The summed E-state index contributed by atoms with van der Waals surface area (Å²) in [6, 6.07) is 9.61. The fraction of sp³-hybridized carbons (Fsp3) is 0.455. The van der Waals surface area contributed by atoms with Crippen molar-refractivity contribution in [1.82, 2.24) is 0 Å². The van der Waals surface area contributed by atoms with Gasteiger partial charge in [0, 0.05) is 0 Å². The number of hydrogen-bond donors (Lipinski definition) is 2. The summed E-state index contributed by atoms with van der Waals surface area (Å²) in [5.74, 6) is 0. The van der Waals surface area contributed by atoms with Crippen LogP contribution in [0, 0.1) is 0 Å². The van der Waals surface area contributed by atoms with Gasteiger partial charge in [-0.15, -0.1) is 0 Å². The Morgan fingerprint density at radius 1 is 1.27 bits per heavy atom. The SMILES string of the molecule is OC1COC(OCc2ccccc2)C1O. The van der Waals surface area contributed by atoms with Crippen molar-refractivity contribution in [3.8, 4) is 0 Å². The smallest absolute Gasteiger partial charge is 0.186 e. The van der Waals surface area contributed by atoms with Crippen LogP contribution in [0.2, 0.25) is 0 Å². The number of ether oxygens (including phenoxy) is 2. The van der Waals surface area contributed by atoms with Gasteiger partial charge < -0.3 is 19.7 Å². The molecule has 1 saturated heterocycles. The molecule has 4 heteroatoms. The number of hydrogen-bond acceptors (Lipinski definition) is 4. The molecule has 0 aliphatic carbocycles. The van der Waals surface area contributed by atoms with Gasteiger partial charge in [0.1, 0.15) is 12.2 Å². The molecule has 1 aliphatic heterocycles. The Morgan fingerprint density at radius 3 is 2.60 bits per heavy atom. The van der Waals surface area contributed by atoms with Crippen LogP contribution in [-0.4, -0.2) is 35.3 Å². The van der Waals surface area contributed by atoms with Gasteiger partial charge in [-0.05, 0) is 5.56 Å². The van der Waals surface area contributed by atoms with Crippen LogP contribution < -0.4 is 0 Å². The molecule has 0 amide bonds.